The minimum absolute atomic E-state index is 0.155. The van der Waals surface area contributed by atoms with Crippen molar-refractivity contribution in [3.05, 3.63) is 54.4 Å². The van der Waals surface area contributed by atoms with Crippen LogP contribution in [-0.4, -0.2) is 20.9 Å². The number of nitrogens with two attached hydrogens (primary N) is 1. The second-order valence-corrected chi connectivity index (χ2v) is 4.68. The lowest BCUT2D eigenvalue weighted by atomic mass is 9.98. The molecule has 1 aromatic heterocycles. The van der Waals surface area contributed by atoms with Gasteiger partial charge in [-0.1, -0.05) is 42.5 Å². The Morgan fingerprint density at radius 2 is 1.85 bits per heavy atom. The maximum atomic E-state index is 12.2. The van der Waals surface area contributed by atoms with Crippen molar-refractivity contribution in [2.45, 2.75) is 6.42 Å². The van der Waals surface area contributed by atoms with Gasteiger partial charge in [0, 0.05) is 12.4 Å². The van der Waals surface area contributed by atoms with Crippen molar-refractivity contribution >= 4 is 29.1 Å². The number of aromatic nitrogens is 2. The number of anilines is 1. The first-order chi connectivity index (χ1) is 9.66. The second-order valence-electron chi connectivity index (χ2n) is 4.21. The zero-order chi connectivity index (χ0) is 14.4. The van der Waals surface area contributed by atoms with E-state index in [9.17, 15) is 4.79 Å². The fourth-order valence-corrected chi connectivity index (χ4v) is 1.92. The van der Waals surface area contributed by atoms with Gasteiger partial charge in [-0.15, -0.1) is 0 Å². The van der Waals surface area contributed by atoms with Crippen LogP contribution >= 0.6 is 12.2 Å². The smallest absolute Gasteiger partial charge is 0.237 e. The molecule has 1 amide bonds. The molecule has 0 fully saturated rings. The van der Waals surface area contributed by atoms with Crippen LogP contribution < -0.4 is 11.1 Å². The third-order valence-corrected chi connectivity index (χ3v) is 3.03. The summed E-state index contributed by atoms with van der Waals surface area (Å²) >= 11 is 4.98. The van der Waals surface area contributed by atoms with Crippen molar-refractivity contribution in [2.75, 3.05) is 5.32 Å². The summed E-state index contributed by atoms with van der Waals surface area (Å²) in [6, 6.07) is 11.3. The molecule has 2 aromatic rings. The molecule has 1 aromatic carbocycles. The van der Waals surface area contributed by atoms with Crippen molar-refractivity contribution in [3.8, 4) is 0 Å². The quantitative estimate of drug-likeness (QED) is 0.815. The number of carbonyl (C=O) groups excluding carboxylic acids is 1. The minimum Gasteiger partial charge on any atom is -0.393 e. The van der Waals surface area contributed by atoms with Gasteiger partial charge in [0.25, 0.3) is 0 Å². The predicted octanol–water partition coefficient (Wildman–Crippen LogP) is 1.56. The van der Waals surface area contributed by atoms with E-state index >= 15 is 0 Å². The summed E-state index contributed by atoms with van der Waals surface area (Å²) in [4.78, 5) is 20.2. The van der Waals surface area contributed by atoms with Crippen LogP contribution in [0, 0.1) is 5.92 Å². The first-order valence-electron chi connectivity index (χ1n) is 6.08. The second kappa shape index (κ2) is 6.72. The van der Waals surface area contributed by atoms with E-state index < -0.39 is 5.92 Å². The van der Waals surface area contributed by atoms with Crippen molar-refractivity contribution < 1.29 is 4.79 Å². The maximum Gasteiger partial charge on any atom is 0.237 e. The van der Waals surface area contributed by atoms with Crippen molar-refractivity contribution in [2.24, 2.45) is 11.7 Å². The third-order valence-electron chi connectivity index (χ3n) is 2.74. The number of thiocarbonyl (C=S) groups is 1. The highest BCUT2D eigenvalue weighted by Crippen LogP contribution is 2.11. The van der Waals surface area contributed by atoms with Crippen LogP contribution in [0.15, 0.2) is 48.8 Å². The zero-order valence-corrected chi connectivity index (χ0v) is 11.5. The van der Waals surface area contributed by atoms with Crippen LogP contribution in [0.3, 0.4) is 0 Å². The molecule has 0 saturated heterocycles. The highest BCUT2D eigenvalue weighted by molar-refractivity contribution is 7.80. The van der Waals surface area contributed by atoms with E-state index in [1.165, 1.54) is 0 Å². The summed E-state index contributed by atoms with van der Waals surface area (Å²) in [5.41, 5.74) is 6.66. The van der Waals surface area contributed by atoms with Crippen molar-refractivity contribution in [1.82, 2.24) is 9.97 Å². The van der Waals surface area contributed by atoms with Gasteiger partial charge in [-0.3, -0.25) is 10.1 Å². The number of hydrogen-bond acceptors (Lipinski definition) is 4. The summed E-state index contributed by atoms with van der Waals surface area (Å²) in [5, 5.41) is 2.61. The molecular weight excluding hydrogens is 272 g/mol. The largest absolute Gasteiger partial charge is 0.393 e. The fraction of sp³-hybridized carbons (Fsp3) is 0.143. The Balaban J connectivity index is 2.09. The van der Waals surface area contributed by atoms with E-state index in [4.69, 9.17) is 18.0 Å². The average Bonchev–Trinajstić information content (AvgIpc) is 2.46. The molecule has 0 bridgehead atoms. The van der Waals surface area contributed by atoms with Crippen molar-refractivity contribution in [3.63, 3.8) is 0 Å². The van der Waals surface area contributed by atoms with Crippen LogP contribution in [0.4, 0.5) is 5.95 Å². The van der Waals surface area contributed by atoms with Crippen LogP contribution in [0.1, 0.15) is 5.56 Å². The van der Waals surface area contributed by atoms with E-state index in [1.54, 1.807) is 18.5 Å². The zero-order valence-electron chi connectivity index (χ0n) is 10.7. The number of benzene rings is 1. The SMILES string of the molecule is NC(=S)C(Cc1ccccc1)C(=O)Nc1ncccn1. The van der Waals surface area contributed by atoms with E-state index in [-0.39, 0.29) is 16.8 Å². The van der Waals surface area contributed by atoms with Gasteiger partial charge in [-0.05, 0) is 18.1 Å². The molecular formula is C14H14N4OS. The topological polar surface area (TPSA) is 80.9 Å². The summed E-state index contributed by atoms with van der Waals surface area (Å²) in [6.07, 6.45) is 3.56. The Hall–Kier alpha value is -2.34. The van der Waals surface area contributed by atoms with Crippen LogP contribution in [0.25, 0.3) is 0 Å². The maximum absolute atomic E-state index is 12.2. The normalized spacial score (nSPS) is 11.6. The predicted molar refractivity (Wildman–Crippen MR) is 81.1 cm³/mol. The Bertz CT molecular complexity index is 589. The Morgan fingerprint density at radius 3 is 2.45 bits per heavy atom. The highest BCUT2D eigenvalue weighted by Gasteiger charge is 2.22. The molecule has 0 aliphatic rings. The van der Waals surface area contributed by atoms with Crippen LogP contribution in [0.5, 0.6) is 0 Å². The van der Waals surface area contributed by atoms with Gasteiger partial charge in [0.15, 0.2) is 0 Å². The molecule has 0 aliphatic carbocycles. The Kier molecular flexibility index (Phi) is 4.73. The Morgan fingerprint density at radius 1 is 1.20 bits per heavy atom. The molecule has 0 saturated carbocycles. The molecule has 0 aliphatic heterocycles. The molecule has 5 nitrogen and oxygen atoms in total. The molecule has 3 N–H and O–H groups in total. The summed E-state index contributed by atoms with van der Waals surface area (Å²) in [7, 11) is 0. The number of amides is 1. The first kappa shape index (κ1) is 14.1. The molecule has 1 heterocycles. The van der Waals surface area contributed by atoms with Gasteiger partial charge < -0.3 is 5.73 Å². The van der Waals surface area contributed by atoms with Gasteiger partial charge in [0.05, 0.1) is 10.9 Å². The summed E-state index contributed by atoms with van der Waals surface area (Å²) in [6.45, 7) is 0. The van der Waals surface area contributed by atoms with E-state index in [0.29, 0.717) is 6.42 Å². The third kappa shape index (κ3) is 3.83. The standard InChI is InChI=1S/C14H14N4OS/c15-12(20)11(9-10-5-2-1-3-6-10)13(19)18-14-16-7-4-8-17-14/h1-8,11H,9H2,(H2,15,20)(H,16,17,18,19). The monoisotopic (exact) mass is 286 g/mol. The number of rotatable bonds is 5. The van der Waals surface area contributed by atoms with Gasteiger partial charge in [0.2, 0.25) is 11.9 Å². The van der Waals surface area contributed by atoms with Crippen LogP contribution in [0.2, 0.25) is 0 Å². The average molecular weight is 286 g/mol. The van der Waals surface area contributed by atoms with E-state index in [0.717, 1.165) is 5.56 Å². The number of nitrogens with zero attached hydrogens (tertiary/aromatic N) is 2. The molecule has 1 unspecified atom stereocenters. The molecule has 20 heavy (non-hydrogen) atoms. The number of nitrogens with one attached hydrogen (secondary N) is 1. The number of hydrogen-bond donors (Lipinski definition) is 2. The van der Waals surface area contributed by atoms with Crippen LogP contribution in [-0.2, 0) is 11.2 Å². The molecule has 6 heteroatoms. The number of carbonyl (C=O) groups is 1. The van der Waals surface area contributed by atoms with Gasteiger partial charge in [-0.2, -0.15) is 0 Å². The van der Waals surface area contributed by atoms with Crippen molar-refractivity contribution in [1.29, 1.82) is 0 Å². The highest BCUT2D eigenvalue weighted by atomic mass is 32.1. The fourth-order valence-electron chi connectivity index (χ4n) is 1.73. The first-order valence-corrected chi connectivity index (χ1v) is 6.49. The molecule has 1 atom stereocenters. The van der Waals surface area contributed by atoms with E-state index in [1.807, 2.05) is 30.3 Å². The molecule has 0 radical (unpaired) electrons. The minimum atomic E-state index is -0.587. The Labute approximate surface area is 122 Å². The molecule has 102 valence electrons. The van der Waals surface area contributed by atoms with Gasteiger partial charge in [0.1, 0.15) is 0 Å². The molecule has 0 spiro atoms. The molecule has 2 rings (SSSR count). The summed E-state index contributed by atoms with van der Waals surface area (Å²) in [5.74, 6) is -0.643. The van der Waals surface area contributed by atoms with Gasteiger partial charge in [-0.25, -0.2) is 9.97 Å². The lowest BCUT2D eigenvalue weighted by Crippen LogP contribution is -2.35. The lowest BCUT2D eigenvalue weighted by molar-refractivity contribution is -0.118. The van der Waals surface area contributed by atoms with Gasteiger partial charge >= 0.3 is 0 Å². The lowest BCUT2D eigenvalue weighted by Gasteiger charge is -2.14. The van der Waals surface area contributed by atoms with E-state index in [2.05, 4.69) is 15.3 Å². The summed E-state index contributed by atoms with van der Waals surface area (Å²) < 4.78 is 0.